The third-order valence-electron chi connectivity index (χ3n) is 3.46. The first-order chi connectivity index (χ1) is 11.5. The molecule has 132 valence electrons. The normalized spacial score (nSPS) is 10.1. The fraction of sp³-hybridized carbons (Fsp3) is 0.500. The summed E-state index contributed by atoms with van der Waals surface area (Å²) in [5, 5.41) is 13.5. The Morgan fingerprint density at radius 2 is 1.88 bits per heavy atom. The van der Waals surface area contributed by atoms with Crippen molar-refractivity contribution in [3.8, 4) is 5.75 Å². The molecule has 0 fully saturated rings. The zero-order valence-electron chi connectivity index (χ0n) is 13.9. The van der Waals surface area contributed by atoms with E-state index in [0.29, 0.717) is 13.0 Å². The van der Waals surface area contributed by atoms with Gasteiger partial charge in [-0.15, -0.1) is 0 Å². The van der Waals surface area contributed by atoms with E-state index >= 15 is 0 Å². The number of benzene rings is 1. The number of carbonyl (C=O) groups excluding carboxylic acids is 2. The van der Waals surface area contributed by atoms with Gasteiger partial charge in [-0.05, 0) is 18.9 Å². The van der Waals surface area contributed by atoms with Gasteiger partial charge in [-0.3, -0.25) is 19.7 Å². The molecule has 8 nitrogen and oxygen atoms in total. The molecule has 0 aliphatic rings. The fourth-order valence-corrected chi connectivity index (χ4v) is 2.13. The maximum Gasteiger partial charge on any atom is 0.305 e. The number of ether oxygens (including phenoxy) is 2. The number of hydrogen-bond acceptors (Lipinski definition) is 6. The van der Waals surface area contributed by atoms with Gasteiger partial charge in [0.15, 0.2) is 0 Å². The highest BCUT2D eigenvalue weighted by Gasteiger charge is 2.17. The lowest BCUT2D eigenvalue weighted by Gasteiger charge is -2.09. The highest BCUT2D eigenvalue weighted by Crippen LogP contribution is 2.23. The first-order valence-corrected chi connectivity index (χ1v) is 7.67. The molecule has 0 saturated carbocycles. The Labute approximate surface area is 140 Å². The van der Waals surface area contributed by atoms with E-state index in [2.05, 4.69) is 10.1 Å². The summed E-state index contributed by atoms with van der Waals surface area (Å²) in [7, 11) is 2.76. The molecule has 0 aromatic heterocycles. The Hall–Kier alpha value is -2.64. The van der Waals surface area contributed by atoms with Crippen molar-refractivity contribution in [1.82, 2.24) is 5.32 Å². The Balaban J connectivity index is 2.41. The van der Waals surface area contributed by atoms with Crippen LogP contribution in [0, 0.1) is 10.1 Å². The summed E-state index contributed by atoms with van der Waals surface area (Å²) in [6.07, 6.45) is 3.63. The highest BCUT2D eigenvalue weighted by atomic mass is 16.6. The summed E-state index contributed by atoms with van der Waals surface area (Å²) in [5.41, 5.74) is -0.0267. The fourth-order valence-electron chi connectivity index (χ4n) is 2.13. The third kappa shape index (κ3) is 6.23. The second kappa shape index (κ2) is 10.2. The van der Waals surface area contributed by atoms with E-state index in [9.17, 15) is 19.7 Å². The van der Waals surface area contributed by atoms with Crippen molar-refractivity contribution in [2.24, 2.45) is 0 Å². The largest absolute Gasteiger partial charge is 0.496 e. The van der Waals surface area contributed by atoms with Gasteiger partial charge in [0, 0.05) is 25.1 Å². The topological polar surface area (TPSA) is 108 Å². The number of hydrogen-bond donors (Lipinski definition) is 1. The lowest BCUT2D eigenvalue weighted by atomic mass is 10.1. The van der Waals surface area contributed by atoms with Crippen molar-refractivity contribution in [3.63, 3.8) is 0 Å². The molecule has 1 N–H and O–H groups in total. The van der Waals surface area contributed by atoms with Crippen LogP contribution in [0.3, 0.4) is 0 Å². The monoisotopic (exact) mass is 338 g/mol. The molecule has 0 aliphatic heterocycles. The first kappa shape index (κ1) is 19.4. The third-order valence-corrected chi connectivity index (χ3v) is 3.46. The van der Waals surface area contributed by atoms with Crippen molar-refractivity contribution in [1.29, 1.82) is 0 Å². The van der Waals surface area contributed by atoms with Crippen LogP contribution in [0.1, 0.15) is 42.5 Å². The molecule has 8 heteroatoms. The Kier molecular flexibility index (Phi) is 8.24. The number of nitrogens with zero attached hydrogens (tertiary/aromatic N) is 1. The van der Waals surface area contributed by atoms with E-state index in [-0.39, 0.29) is 23.0 Å². The number of esters is 1. The number of carbonyl (C=O) groups is 2. The van der Waals surface area contributed by atoms with Crippen molar-refractivity contribution in [2.45, 2.75) is 32.1 Å². The van der Waals surface area contributed by atoms with Crippen molar-refractivity contribution in [2.75, 3.05) is 20.8 Å². The van der Waals surface area contributed by atoms with E-state index in [1.165, 1.54) is 32.4 Å². The van der Waals surface area contributed by atoms with E-state index in [4.69, 9.17) is 4.74 Å². The van der Waals surface area contributed by atoms with Crippen LogP contribution < -0.4 is 10.1 Å². The molecule has 0 atom stereocenters. The summed E-state index contributed by atoms with van der Waals surface area (Å²) < 4.78 is 9.62. The summed E-state index contributed by atoms with van der Waals surface area (Å²) in [4.78, 5) is 33.3. The minimum absolute atomic E-state index is 0.136. The summed E-state index contributed by atoms with van der Waals surface area (Å²) in [6, 6.07) is 3.89. The maximum atomic E-state index is 12.1. The molecule has 0 unspecified atom stereocenters. The number of amides is 1. The molecule has 24 heavy (non-hydrogen) atoms. The van der Waals surface area contributed by atoms with Crippen molar-refractivity contribution in [3.05, 3.63) is 33.9 Å². The average Bonchev–Trinajstić information content (AvgIpc) is 2.59. The Morgan fingerprint density at radius 1 is 1.17 bits per heavy atom. The van der Waals surface area contributed by atoms with Gasteiger partial charge in [-0.1, -0.05) is 12.8 Å². The number of methoxy groups -OCH3 is 2. The first-order valence-electron chi connectivity index (χ1n) is 7.67. The molecule has 0 bridgehead atoms. The van der Waals surface area contributed by atoms with Crippen LogP contribution in [0.4, 0.5) is 5.69 Å². The van der Waals surface area contributed by atoms with Gasteiger partial charge in [0.1, 0.15) is 5.75 Å². The van der Waals surface area contributed by atoms with Crippen LogP contribution in [0.5, 0.6) is 5.75 Å². The van der Waals surface area contributed by atoms with E-state index in [0.717, 1.165) is 25.7 Å². The number of rotatable bonds is 10. The van der Waals surface area contributed by atoms with E-state index in [1.54, 1.807) is 0 Å². The van der Waals surface area contributed by atoms with Gasteiger partial charge in [-0.25, -0.2) is 0 Å². The van der Waals surface area contributed by atoms with Crippen LogP contribution in [-0.2, 0) is 9.53 Å². The minimum atomic E-state index is -0.558. The zero-order chi connectivity index (χ0) is 17.9. The van der Waals surface area contributed by atoms with Crippen LogP contribution >= 0.6 is 0 Å². The highest BCUT2D eigenvalue weighted by molar-refractivity contribution is 5.97. The SMILES string of the molecule is COC(=O)CCCCCCNC(=O)c1cc([N+](=O)[O-])ccc1OC. The molecule has 0 spiro atoms. The molecule has 0 radical (unpaired) electrons. The van der Waals surface area contributed by atoms with Crippen LogP contribution in [0.2, 0.25) is 0 Å². The van der Waals surface area contributed by atoms with Crippen molar-refractivity contribution < 1.29 is 24.0 Å². The molecule has 1 rings (SSSR count). The molecule has 1 aromatic carbocycles. The predicted molar refractivity (Wildman–Crippen MR) is 87.1 cm³/mol. The second-order valence-corrected chi connectivity index (χ2v) is 5.14. The lowest BCUT2D eigenvalue weighted by Crippen LogP contribution is -2.25. The minimum Gasteiger partial charge on any atom is -0.496 e. The van der Waals surface area contributed by atoms with Crippen LogP contribution in [-0.4, -0.2) is 37.6 Å². The summed E-state index contributed by atoms with van der Waals surface area (Å²) in [6.45, 7) is 0.447. The maximum absolute atomic E-state index is 12.1. The van der Waals surface area contributed by atoms with E-state index < -0.39 is 10.8 Å². The summed E-state index contributed by atoms with van der Waals surface area (Å²) >= 11 is 0. The Morgan fingerprint density at radius 3 is 2.50 bits per heavy atom. The van der Waals surface area contributed by atoms with Crippen LogP contribution in [0.25, 0.3) is 0 Å². The smallest absolute Gasteiger partial charge is 0.305 e. The van der Waals surface area contributed by atoms with Gasteiger partial charge < -0.3 is 14.8 Å². The number of nitro benzene ring substituents is 1. The molecular formula is C16H22N2O6. The van der Waals surface area contributed by atoms with Gasteiger partial charge in [0.2, 0.25) is 0 Å². The van der Waals surface area contributed by atoms with Gasteiger partial charge in [0.25, 0.3) is 11.6 Å². The van der Waals surface area contributed by atoms with Gasteiger partial charge in [0.05, 0.1) is 24.7 Å². The zero-order valence-corrected chi connectivity index (χ0v) is 13.9. The molecule has 1 aromatic rings. The molecule has 1 amide bonds. The van der Waals surface area contributed by atoms with Crippen molar-refractivity contribution >= 4 is 17.6 Å². The molecule has 0 aliphatic carbocycles. The van der Waals surface area contributed by atoms with Crippen LogP contribution in [0.15, 0.2) is 18.2 Å². The van der Waals surface area contributed by atoms with Gasteiger partial charge in [-0.2, -0.15) is 0 Å². The second-order valence-electron chi connectivity index (χ2n) is 5.14. The number of nitro groups is 1. The number of nitrogens with one attached hydrogen (secondary N) is 1. The quantitative estimate of drug-likeness (QED) is 0.304. The molecule has 0 saturated heterocycles. The van der Waals surface area contributed by atoms with E-state index in [1.807, 2.05) is 0 Å². The molecule has 0 heterocycles. The predicted octanol–water partition coefficient (Wildman–Crippen LogP) is 2.46. The number of non-ortho nitro benzene ring substituents is 1. The number of unbranched alkanes of at least 4 members (excludes halogenated alkanes) is 3. The standard InChI is InChI=1S/C16H22N2O6/c1-23-14-9-8-12(18(21)22)11-13(14)16(20)17-10-6-4-3-5-7-15(19)24-2/h8-9,11H,3-7,10H2,1-2H3,(H,17,20). The Bertz CT molecular complexity index is 588. The molecular weight excluding hydrogens is 316 g/mol. The average molecular weight is 338 g/mol. The summed E-state index contributed by atoms with van der Waals surface area (Å²) in [5.74, 6) is -0.345. The lowest BCUT2D eigenvalue weighted by molar-refractivity contribution is -0.384. The van der Waals surface area contributed by atoms with Gasteiger partial charge >= 0.3 is 5.97 Å².